The number of aryl methyl sites for hydroxylation is 1. The molecule has 0 bridgehead atoms. The number of carboxylic acids is 1. The van der Waals surface area contributed by atoms with Gasteiger partial charge in [0.2, 0.25) is 0 Å². The zero-order valence-corrected chi connectivity index (χ0v) is 10.4. The third-order valence-electron chi connectivity index (χ3n) is 2.44. The first kappa shape index (κ1) is 12.4. The number of benzene rings is 1. The van der Waals surface area contributed by atoms with Crippen LogP contribution in [-0.2, 0) is 4.79 Å². The Balaban J connectivity index is 2.47. The highest BCUT2D eigenvalue weighted by Gasteiger charge is 2.12. The lowest BCUT2D eigenvalue weighted by Crippen LogP contribution is -1.95. The van der Waals surface area contributed by atoms with Gasteiger partial charge >= 0.3 is 5.97 Å². The van der Waals surface area contributed by atoms with Crippen LogP contribution < -0.4 is 0 Å². The standard InChI is InChI=1S/C13H11ClN2O2/c1-9-11(7-8-12(17)18)13(14)16(15-9)10-5-3-2-4-6-10/h2-8H,1H3,(H,17,18)/b8-7+. The lowest BCUT2D eigenvalue weighted by Gasteiger charge is -2.01. The molecule has 0 fully saturated rings. The Morgan fingerprint density at radius 1 is 1.39 bits per heavy atom. The number of nitrogens with zero attached hydrogens (tertiary/aromatic N) is 2. The maximum atomic E-state index is 10.5. The molecule has 0 saturated heterocycles. The van der Waals surface area contributed by atoms with E-state index >= 15 is 0 Å². The van der Waals surface area contributed by atoms with Gasteiger partial charge in [0.05, 0.1) is 11.4 Å². The molecule has 0 amide bonds. The third-order valence-corrected chi connectivity index (χ3v) is 2.81. The van der Waals surface area contributed by atoms with Crippen molar-refractivity contribution in [2.24, 2.45) is 0 Å². The van der Waals surface area contributed by atoms with Gasteiger partial charge in [-0.15, -0.1) is 0 Å². The van der Waals surface area contributed by atoms with Gasteiger partial charge in [-0.1, -0.05) is 29.8 Å². The Labute approximate surface area is 109 Å². The van der Waals surface area contributed by atoms with Crippen LogP contribution in [-0.4, -0.2) is 20.9 Å². The van der Waals surface area contributed by atoms with Crippen LogP contribution in [0.25, 0.3) is 11.8 Å². The highest BCUT2D eigenvalue weighted by Crippen LogP contribution is 2.24. The quantitative estimate of drug-likeness (QED) is 0.866. The maximum absolute atomic E-state index is 10.5. The van der Waals surface area contributed by atoms with E-state index in [2.05, 4.69) is 5.10 Å². The van der Waals surface area contributed by atoms with Crippen LogP contribution in [0.3, 0.4) is 0 Å². The number of halogens is 1. The molecule has 0 aliphatic heterocycles. The van der Waals surface area contributed by atoms with E-state index in [1.165, 1.54) is 6.08 Å². The van der Waals surface area contributed by atoms with E-state index in [0.29, 0.717) is 16.4 Å². The van der Waals surface area contributed by atoms with Gasteiger partial charge in [0.15, 0.2) is 0 Å². The fraction of sp³-hybridized carbons (Fsp3) is 0.0769. The van der Waals surface area contributed by atoms with E-state index in [1.54, 1.807) is 11.6 Å². The van der Waals surface area contributed by atoms with Crippen LogP contribution in [0.2, 0.25) is 5.15 Å². The summed E-state index contributed by atoms with van der Waals surface area (Å²) in [6.45, 7) is 1.78. The molecule has 5 heteroatoms. The molecule has 1 N–H and O–H groups in total. The normalized spacial score (nSPS) is 11.0. The van der Waals surface area contributed by atoms with Crippen LogP contribution in [0, 0.1) is 6.92 Å². The molecule has 0 unspecified atom stereocenters. The molecular weight excluding hydrogens is 252 g/mol. The summed E-state index contributed by atoms with van der Waals surface area (Å²) < 4.78 is 1.58. The number of aromatic nitrogens is 2. The largest absolute Gasteiger partial charge is 0.478 e. The van der Waals surface area contributed by atoms with Crippen LogP contribution >= 0.6 is 11.6 Å². The van der Waals surface area contributed by atoms with Gasteiger partial charge in [-0.3, -0.25) is 0 Å². The van der Waals surface area contributed by atoms with E-state index in [0.717, 1.165) is 11.8 Å². The summed E-state index contributed by atoms with van der Waals surface area (Å²) in [6.07, 6.45) is 2.50. The summed E-state index contributed by atoms with van der Waals surface area (Å²) in [5, 5.41) is 13.3. The maximum Gasteiger partial charge on any atom is 0.328 e. The van der Waals surface area contributed by atoms with Crippen molar-refractivity contribution >= 4 is 23.6 Å². The lowest BCUT2D eigenvalue weighted by atomic mass is 10.2. The Hall–Kier alpha value is -2.07. The molecular formula is C13H11ClN2O2. The summed E-state index contributed by atoms with van der Waals surface area (Å²) in [5.74, 6) is -1.02. The lowest BCUT2D eigenvalue weighted by molar-refractivity contribution is -0.131. The molecule has 1 heterocycles. The van der Waals surface area contributed by atoms with Crippen LogP contribution in [0.5, 0.6) is 0 Å². The molecule has 0 spiro atoms. The molecule has 0 saturated carbocycles. The average Bonchev–Trinajstić information content (AvgIpc) is 2.63. The van der Waals surface area contributed by atoms with E-state index in [-0.39, 0.29) is 0 Å². The topological polar surface area (TPSA) is 55.1 Å². The minimum atomic E-state index is -1.02. The number of hydrogen-bond acceptors (Lipinski definition) is 2. The van der Waals surface area contributed by atoms with Gasteiger partial charge in [0.25, 0.3) is 0 Å². The Bertz CT molecular complexity index is 603. The second-order valence-corrected chi connectivity index (χ2v) is 4.07. The molecule has 92 valence electrons. The molecule has 1 aromatic heterocycles. The predicted molar refractivity (Wildman–Crippen MR) is 70.0 cm³/mol. The fourth-order valence-electron chi connectivity index (χ4n) is 1.60. The van der Waals surface area contributed by atoms with Gasteiger partial charge < -0.3 is 5.11 Å². The van der Waals surface area contributed by atoms with Crippen LogP contribution in [0.1, 0.15) is 11.3 Å². The van der Waals surface area contributed by atoms with E-state index in [4.69, 9.17) is 16.7 Å². The van der Waals surface area contributed by atoms with E-state index in [1.807, 2.05) is 30.3 Å². The molecule has 2 rings (SSSR count). The van der Waals surface area contributed by atoms with Gasteiger partial charge in [0, 0.05) is 11.6 Å². The predicted octanol–water partition coefficient (Wildman–Crippen LogP) is 2.93. The molecule has 18 heavy (non-hydrogen) atoms. The molecule has 0 aliphatic carbocycles. The minimum Gasteiger partial charge on any atom is -0.478 e. The van der Waals surface area contributed by atoms with Crippen molar-refractivity contribution < 1.29 is 9.90 Å². The monoisotopic (exact) mass is 262 g/mol. The van der Waals surface area contributed by atoms with Gasteiger partial charge in [-0.25, -0.2) is 9.48 Å². The van der Waals surface area contributed by atoms with E-state index in [9.17, 15) is 4.79 Å². The number of rotatable bonds is 3. The first-order chi connectivity index (χ1) is 8.59. The number of hydrogen-bond donors (Lipinski definition) is 1. The second kappa shape index (κ2) is 5.06. The zero-order valence-electron chi connectivity index (χ0n) is 9.67. The number of carboxylic acid groups (broad SMARTS) is 1. The van der Waals surface area contributed by atoms with Crippen LogP contribution in [0.15, 0.2) is 36.4 Å². The van der Waals surface area contributed by atoms with Gasteiger partial charge in [-0.2, -0.15) is 5.10 Å². The smallest absolute Gasteiger partial charge is 0.328 e. The molecule has 1 aromatic carbocycles. The zero-order chi connectivity index (χ0) is 13.1. The summed E-state index contributed by atoms with van der Waals surface area (Å²) in [6, 6.07) is 9.43. The first-order valence-corrected chi connectivity index (χ1v) is 5.69. The number of aliphatic carboxylic acids is 1. The van der Waals surface area contributed by atoms with Crippen molar-refractivity contribution in [3.05, 3.63) is 52.8 Å². The summed E-state index contributed by atoms with van der Waals surface area (Å²) in [4.78, 5) is 10.5. The Morgan fingerprint density at radius 3 is 2.67 bits per heavy atom. The van der Waals surface area contributed by atoms with Crippen molar-refractivity contribution in [1.29, 1.82) is 0 Å². The molecule has 0 radical (unpaired) electrons. The first-order valence-electron chi connectivity index (χ1n) is 5.31. The van der Waals surface area contributed by atoms with Crippen molar-refractivity contribution in [3.8, 4) is 5.69 Å². The van der Waals surface area contributed by atoms with Crippen molar-refractivity contribution in [1.82, 2.24) is 9.78 Å². The van der Waals surface area contributed by atoms with Crippen molar-refractivity contribution in [3.63, 3.8) is 0 Å². The molecule has 4 nitrogen and oxygen atoms in total. The minimum absolute atomic E-state index is 0.399. The number of carbonyl (C=O) groups is 1. The van der Waals surface area contributed by atoms with E-state index < -0.39 is 5.97 Å². The molecule has 0 atom stereocenters. The molecule has 2 aromatic rings. The fourth-order valence-corrected chi connectivity index (χ4v) is 1.93. The number of para-hydroxylation sites is 1. The Kier molecular flexibility index (Phi) is 3.48. The SMILES string of the molecule is Cc1nn(-c2ccccc2)c(Cl)c1/C=C/C(=O)O. The van der Waals surface area contributed by atoms with Gasteiger partial charge in [0.1, 0.15) is 5.15 Å². The third kappa shape index (κ3) is 2.43. The summed E-state index contributed by atoms with van der Waals surface area (Å²) in [5.41, 5.74) is 2.13. The summed E-state index contributed by atoms with van der Waals surface area (Å²) >= 11 is 6.20. The van der Waals surface area contributed by atoms with Crippen molar-refractivity contribution in [2.45, 2.75) is 6.92 Å². The second-order valence-electron chi connectivity index (χ2n) is 3.71. The van der Waals surface area contributed by atoms with Crippen molar-refractivity contribution in [2.75, 3.05) is 0 Å². The Morgan fingerprint density at radius 2 is 2.06 bits per heavy atom. The van der Waals surface area contributed by atoms with Gasteiger partial charge in [-0.05, 0) is 25.1 Å². The average molecular weight is 263 g/mol. The van der Waals surface area contributed by atoms with Crippen LogP contribution in [0.4, 0.5) is 0 Å². The highest BCUT2D eigenvalue weighted by atomic mass is 35.5. The summed E-state index contributed by atoms with van der Waals surface area (Å²) in [7, 11) is 0. The highest BCUT2D eigenvalue weighted by molar-refractivity contribution is 6.31. The molecule has 0 aliphatic rings.